The molecule has 3 aromatic carbocycles. The Bertz CT molecular complexity index is 1280. The second kappa shape index (κ2) is 12.8. The zero-order valence-electron chi connectivity index (χ0n) is 20.3. The second-order valence-electron chi connectivity index (χ2n) is 8.09. The van der Waals surface area contributed by atoms with Crippen LogP contribution in [-0.2, 0) is 6.42 Å². The largest absolute Gasteiger partial charge is 0.573 e. The molecule has 37 heavy (non-hydrogen) atoms. The van der Waals surface area contributed by atoms with Crippen LogP contribution in [0.1, 0.15) is 34.2 Å². The number of benzene rings is 3. The van der Waals surface area contributed by atoms with Crippen molar-refractivity contribution in [3.63, 3.8) is 0 Å². The van der Waals surface area contributed by atoms with Crippen molar-refractivity contribution in [3.8, 4) is 5.75 Å². The highest BCUT2D eigenvalue weighted by Crippen LogP contribution is 2.24. The Morgan fingerprint density at radius 3 is 2.27 bits per heavy atom. The number of aryl methyl sites for hydroxylation is 2. The van der Waals surface area contributed by atoms with Crippen LogP contribution < -0.4 is 15.9 Å². The molecule has 0 fully saturated rings. The van der Waals surface area contributed by atoms with Crippen LogP contribution >= 0.6 is 12.2 Å². The number of nitrogens with two attached hydrogens (primary N) is 1. The van der Waals surface area contributed by atoms with Crippen LogP contribution in [0.15, 0.2) is 81.8 Å². The number of alkyl halides is 3. The van der Waals surface area contributed by atoms with Crippen molar-refractivity contribution in [1.29, 1.82) is 0 Å². The molecule has 3 aromatic rings. The van der Waals surface area contributed by atoms with Crippen LogP contribution in [-0.4, -0.2) is 29.7 Å². The summed E-state index contributed by atoms with van der Waals surface area (Å²) in [6, 6.07) is 18.6. The predicted molar refractivity (Wildman–Crippen MR) is 146 cm³/mol. The Kier molecular flexibility index (Phi) is 9.51. The van der Waals surface area contributed by atoms with Crippen LogP contribution in [0.3, 0.4) is 0 Å². The van der Waals surface area contributed by atoms with Gasteiger partial charge < -0.3 is 10.5 Å². The van der Waals surface area contributed by atoms with Crippen molar-refractivity contribution in [1.82, 2.24) is 5.43 Å². The first-order valence-corrected chi connectivity index (χ1v) is 11.7. The molecule has 0 aliphatic rings. The molecule has 0 atom stereocenters. The maximum Gasteiger partial charge on any atom is 0.573 e. The zero-order valence-corrected chi connectivity index (χ0v) is 21.1. The van der Waals surface area contributed by atoms with Gasteiger partial charge >= 0.3 is 6.36 Å². The summed E-state index contributed by atoms with van der Waals surface area (Å²) in [6.45, 7) is 4.20. The molecule has 0 spiro atoms. The van der Waals surface area contributed by atoms with E-state index in [2.05, 4.69) is 57.3 Å². The zero-order chi connectivity index (χ0) is 26.8. The van der Waals surface area contributed by atoms with E-state index in [0.717, 1.165) is 12.0 Å². The second-order valence-corrected chi connectivity index (χ2v) is 8.58. The van der Waals surface area contributed by atoms with Crippen LogP contribution in [0.5, 0.6) is 5.75 Å². The Hall–Kier alpha value is -4.05. The van der Waals surface area contributed by atoms with Crippen molar-refractivity contribution < 1.29 is 17.9 Å². The SMILES string of the molecule is Cc1cccc(C)c1CCC(=S)N/N=C\c1ccc(C(N)=NC=Nc2ccc(OC(F)(F)F)cc2)cc1. The Balaban J connectivity index is 1.49. The third-order valence-corrected chi connectivity index (χ3v) is 5.63. The number of nitrogens with one attached hydrogen (secondary N) is 1. The first kappa shape index (κ1) is 27.5. The molecule has 192 valence electrons. The summed E-state index contributed by atoms with van der Waals surface area (Å²) in [6.07, 6.45) is -0.287. The minimum absolute atomic E-state index is 0.232. The topological polar surface area (TPSA) is 84.4 Å². The maximum absolute atomic E-state index is 12.2. The van der Waals surface area contributed by atoms with Gasteiger partial charge in [-0.1, -0.05) is 54.7 Å². The van der Waals surface area contributed by atoms with Gasteiger partial charge in [-0.05, 0) is 66.8 Å². The number of hydrazone groups is 1. The average molecular weight is 526 g/mol. The first-order chi connectivity index (χ1) is 17.6. The molecule has 6 nitrogen and oxygen atoms in total. The summed E-state index contributed by atoms with van der Waals surface area (Å²) in [5.74, 6) is -0.0949. The standard InChI is InChI=1S/C27H26F3N5OS/c1-18-4-3-5-19(2)24(18)14-15-25(37)35-34-16-20-6-8-21(9-7-20)26(31)33-17-32-22-10-12-23(13-11-22)36-27(28,29)30/h3-13,16-17H,14-15H2,1-2H3,(H,35,37)(H2,31,32,33)/b34-16-. The van der Waals surface area contributed by atoms with Gasteiger partial charge in [-0.3, -0.25) is 5.43 Å². The molecule has 0 aliphatic heterocycles. The molecule has 0 saturated carbocycles. The van der Waals surface area contributed by atoms with Crippen LogP contribution in [0.4, 0.5) is 18.9 Å². The smallest absolute Gasteiger partial charge is 0.406 e. The van der Waals surface area contributed by atoms with Crippen LogP contribution in [0, 0.1) is 13.8 Å². The fourth-order valence-corrected chi connectivity index (χ4v) is 3.58. The molecule has 0 saturated heterocycles. The van der Waals surface area contributed by atoms with Crippen molar-refractivity contribution >= 4 is 41.3 Å². The van der Waals surface area contributed by atoms with E-state index in [-0.39, 0.29) is 11.6 Å². The molecule has 3 N–H and O–H groups in total. The number of ether oxygens (including phenoxy) is 1. The van der Waals surface area contributed by atoms with Crippen molar-refractivity contribution in [2.24, 2.45) is 20.8 Å². The minimum Gasteiger partial charge on any atom is -0.406 e. The van der Waals surface area contributed by atoms with Gasteiger partial charge in [-0.2, -0.15) is 5.10 Å². The summed E-state index contributed by atoms with van der Waals surface area (Å²) in [5, 5.41) is 4.21. The van der Waals surface area contributed by atoms with Gasteiger partial charge in [0.15, 0.2) is 0 Å². The third-order valence-electron chi connectivity index (χ3n) is 5.33. The number of rotatable bonds is 9. The molecule has 10 heteroatoms. The number of hydrogen-bond acceptors (Lipinski definition) is 4. The molecular formula is C27H26F3N5OS. The van der Waals surface area contributed by atoms with Gasteiger partial charge in [0.25, 0.3) is 0 Å². The highest BCUT2D eigenvalue weighted by Gasteiger charge is 2.30. The van der Waals surface area contributed by atoms with Gasteiger partial charge in [-0.15, -0.1) is 13.2 Å². The van der Waals surface area contributed by atoms with Crippen molar-refractivity contribution in [2.45, 2.75) is 33.1 Å². The fourth-order valence-electron chi connectivity index (χ4n) is 3.42. The Morgan fingerprint density at radius 2 is 1.65 bits per heavy atom. The van der Waals surface area contributed by atoms with E-state index in [1.54, 1.807) is 18.3 Å². The van der Waals surface area contributed by atoms with Gasteiger partial charge in [0.05, 0.1) is 16.9 Å². The Labute approximate surface area is 218 Å². The molecule has 0 aromatic heterocycles. The highest BCUT2D eigenvalue weighted by molar-refractivity contribution is 7.80. The quantitative estimate of drug-likeness (QED) is 0.152. The fraction of sp³-hybridized carbons (Fsp3) is 0.185. The molecule has 0 bridgehead atoms. The Morgan fingerprint density at radius 1 is 1.00 bits per heavy atom. The summed E-state index contributed by atoms with van der Waals surface area (Å²) in [7, 11) is 0. The lowest BCUT2D eigenvalue weighted by Gasteiger charge is -2.09. The molecule has 3 rings (SSSR count). The van der Waals surface area contributed by atoms with Crippen LogP contribution in [0.2, 0.25) is 0 Å². The van der Waals surface area contributed by atoms with E-state index in [0.29, 0.717) is 22.7 Å². The lowest BCUT2D eigenvalue weighted by atomic mass is 9.99. The van der Waals surface area contributed by atoms with E-state index in [1.807, 2.05) is 12.1 Å². The summed E-state index contributed by atoms with van der Waals surface area (Å²) in [4.78, 5) is 8.79. The number of aliphatic imine (C=N–C) groups is 2. The molecule has 0 amide bonds. The number of hydrogen-bond donors (Lipinski definition) is 2. The number of thiocarbonyl (C=S) groups is 1. The molecule has 0 heterocycles. The first-order valence-electron chi connectivity index (χ1n) is 11.3. The van der Waals surface area contributed by atoms with Gasteiger partial charge in [0, 0.05) is 12.0 Å². The van der Waals surface area contributed by atoms with Crippen molar-refractivity contribution in [3.05, 3.63) is 94.5 Å². The number of amidine groups is 1. The predicted octanol–water partition coefficient (Wildman–Crippen LogP) is 6.15. The van der Waals surface area contributed by atoms with Crippen molar-refractivity contribution in [2.75, 3.05) is 0 Å². The average Bonchev–Trinajstić information content (AvgIpc) is 2.84. The third kappa shape index (κ3) is 9.16. The lowest BCUT2D eigenvalue weighted by molar-refractivity contribution is -0.274. The maximum atomic E-state index is 12.2. The lowest BCUT2D eigenvalue weighted by Crippen LogP contribution is -2.16. The molecular weight excluding hydrogens is 499 g/mol. The van der Waals surface area contributed by atoms with E-state index in [1.165, 1.54) is 47.3 Å². The summed E-state index contributed by atoms with van der Waals surface area (Å²) < 4.78 is 40.5. The van der Waals surface area contributed by atoms with Crippen LogP contribution in [0.25, 0.3) is 0 Å². The minimum atomic E-state index is -4.74. The molecule has 0 unspecified atom stereocenters. The van der Waals surface area contributed by atoms with E-state index >= 15 is 0 Å². The molecule has 0 radical (unpaired) electrons. The number of nitrogens with zero attached hydrogens (tertiary/aromatic N) is 3. The van der Waals surface area contributed by atoms with E-state index < -0.39 is 6.36 Å². The monoisotopic (exact) mass is 525 g/mol. The summed E-state index contributed by atoms with van der Waals surface area (Å²) in [5.41, 5.74) is 14.6. The normalized spacial score (nSPS) is 12.3. The van der Waals surface area contributed by atoms with E-state index in [4.69, 9.17) is 18.0 Å². The van der Waals surface area contributed by atoms with Gasteiger partial charge in [0.1, 0.15) is 17.9 Å². The number of halogens is 3. The van der Waals surface area contributed by atoms with Gasteiger partial charge in [-0.25, -0.2) is 9.98 Å². The van der Waals surface area contributed by atoms with E-state index in [9.17, 15) is 13.2 Å². The summed E-state index contributed by atoms with van der Waals surface area (Å²) >= 11 is 5.39. The highest BCUT2D eigenvalue weighted by atomic mass is 32.1. The van der Waals surface area contributed by atoms with Gasteiger partial charge in [0.2, 0.25) is 0 Å². The molecule has 0 aliphatic carbocycles.